The standard InChI is InChI=1S/C17H14F3NO5S/c1-12-5-2-3-8-15(12)27(23,24)21-26-16(22)10-9-13-6-4-7-14(11-13)25-17(18,19)20/h2-11,21H,1H3. The summed E-state index contributed by atoms with van der Waals surface area (Å²) in [5.41, 5.74) is 0.675. The Morgan fingerprint density at radius 2 is 1.81 bits per heavy atom. The molecule has 0 unspecified atom stereocenters. The van der Waals surface area contributed by atoms with E-state index in [1.54, 1.807) is 23.9 Å². The number of carbonyl (C=O) groups excluding carboxylic acids is 1. The molecule has 0 radical (unpaired) electrons. The second kappa shape index (κ2) is 8.23. The fourth-order valence-corrected chi connectivity index (χ4v) is 3.04. The molecular formula is C17H14F3NO5S. The number of hydrogen-bond donors (Lipinski definition) is 1. The van der Waals surface area contributed by atoms with Gasteiger partial charge in [-0.05, 0) is 47.2 Å². The first-order valence-corrected chi connectivity index (χ1v) is 8.87. The van der Waals surface area contributed by atoms with E-state index < -0.39 is 28.1 Å². The molecule has 0 atom stereocenters. The summed E-state index contributed by atoms with van der Waals surface area (Å²) in [5, 5.41) is 0. The van der Waals surface area contributed by atoms with E-state index in [0.29, 0.717) is 5.56 Å². The lowest BCUT2D eigenvalue weighted by Gasteiger charge is -2.09. The Kier molecular flexibility index (Phi) is 6.24. The van der Waals surface area contributed by atoms with Crippen LogP contribution in [0.4, 0.5) is 13.2 Å². The molecule has 6 nitrogen and oxygen atoms in total. The zero-order chi connectivity index (χ0) is 20.1. The van der Waals surface area contributed by atoms with Crippen LogP contribution in [0.15, 0.2) is 59.5 Å². The highest BCUT2D eigenvalue weighted by molar-refractivity contribution is 7.89. The molecule has 144 valence electrons. The molecule has 0 saturated heterocycles. The maximum Gasteiger partial charge on any atom is 0.573 e. The highest BCUT2D eigenvalue weighted by Gasteiger charge is 2.31. The van der Waals surface area contributed by atoms with Crippen LogP contribution < -0.4 is 9.62 Å². The third-order valence-electron chi connectivity index (χ3n) is 3.14. The lowest BCUT2D eigenvalue weighted by molar-refractivity contribution is -0.274. The minimum atomic E-state index is -4.84. The molecule has 1 N–H and O–H groups in total. The molecule has 0 aliphatic rings. The minimum absolute atomic E-state index is 0.0567. The molecule has 0 heterocycles. The van der Waals surface area contributed by atoms with E-state index >= 15 is 0 Å². The molecule has 0 saturated carbocycles. The van der Waals surface area contributed by atoms with Gasteiger partial charge in [0.2, 0.25) is 0 Å². The van der Waals surface area contributed by atoms with Crippen molar-refractivity contribution in [1.29, 1.82) is 0 Å². The topological polar surface area (TPSA) is 81.7 Å². The number of halogens is 3. The number of benzene rings is 2. The Labute approximate surface area is 153 Å². The van der Waals surface area contributed by atoms with Gasteiger partial charge in [-0.25, -0.2) is 13.2 Å². The number of alkyl halides is 3. The van der Waals surface area contributed by atoms with Gasteiger partial charge in [-0.3, -0.25) is 0 Å². The molecule has 2 aromatic carbocycles. The summed E-state index contributed by atoms with van der Waals surface area (Å²) in [5.74, 6) is -1.52. The van der Waals surface area contributed by atoms with Crippen LogP contribution in [-0.2, 0) is 19.7 Å². The van der Waals surface area contributed by atoms with Gasteiger partial charge in [0, 0.05) is 6.08 Å². The summed E-state index contributed by atoms with van der Waals surface area (Å²) in [7, 11) is -4.07. The van der Waals surface area contributed by atoms with Crippen LogP contribution >= 0.6 is 0 Å². The molecule has 0 bridgehead atoms. The van der Waals surface area contributed by atoms with Crippen LogP contribution in [0.5, 0.6) is 5.75 Å². The molecule has 0 amide bonds. The highest BCUT2D eigenvalue weighted by atomic mass is 32.2. The summed E-state index contributed by atoms with van der Waals surface area (Å²) < 4.78 is 64.5. The van der Waals surface area contributed by atoms with Crippen molar-refractivity contribution in [3.63, 3.8) is 0 Å². The van der Waals surface area contributed by atoms with Crippen molar-refractivity contribution in [2.75, 3.05) is 0 Å². The minimum Gasteiger partial charge on any atom is -0.406 e. The Hall–Kier alpha value is -2.85. The van der Waals surface area contributed by atoms with Crippen LogP contribution in [0.1, 0.15) is 11.1 Å². The third kappa shape index (κ3) is 6.42. The average molecular weight is 401 g/mol. The number of hydrogen-bond acceptors (Lipinski definition) is 5. The number of nitrogens with one attached hydrogen (secondary N) is 1. The normalized spacial score (nSPS) is 12.1. The molecule has 0 aromatic heterocycles. The molecule has 27 heavy (non-hydrogen) atoms. The smallest absolute Gasteiger partial charge is 0.406 e. The van der Waals surface area contributed by atoms with E-state index in [4.69, 9.17) is 0 Å². The third-order valence-corrected chi connectivity index (χ3v) is 4.48. The Morgan fingerprint density at radius 1 is 1.11 bits per heavy atom. The molecular weight excluding hydrogens is 387 g/mol. The second-order valence-electron chi connectivity index (χ2n) is 5.23. The predicted octanol–water partition coefficient (Wildman–Crippen LogP) is 3.34. The first kappa shape index (κ1) is 20.5. The van der Waals surface area contributed by atoms with Crippen molar-refractivity contribution < 1.29 is 36.0 Å². The SMILES string of the molecule is Cc1ccccc1S(=O)(=O)NOC(=O)C=Cc1cccc(OC(F)(F)F)c1. The second-order valence-corrected chi connectivity index (χ2v) is 6.84. The number of carbonyl (C=O) groups is 1. The lowest BCUT2D eigenvalue weighted by atomic mass is 10.2. The number of rotatable bonds is 6. The van der Waals surface area contributed by atoms with Crippen molar-refractivity contribution in [3.05, 3.63) is 65.7 Å². The van der Waals surface area contributed by atoms with Gasteiger partial charge in [0.1, 0.15) is 5.75 Å². The van der Waals surface area contributed by atoms with E-state index in [1.165, 1.54) is 24.3 Å². The van der Waals surface area contributed by atoms with Crippen LogP contribution in [0.2, 0.25) is 0 Å². The zero-order valence-corrected chi connectivity index (χ0v) is 14.7. The average Bonchev–Trinajstić information content (AvgIpc) is 2.57. The van der Waals surface area contributed by atoms with Crippen LogP contribution in [0.25, 0.3) is 6.08 Å². The quantitative estimate of drug-likeness (QED) is 0.593. The molecule has 0 aliphatic heterocycles. The number of aryl methyl sites for hydroxylation is 1. The first-order chi connectivity index (χ1) is 12.6. The van der Waals surface area contributed by atoms with Crippen molar-refractivity contribution in [3.8, 4) is 5.75 Å². The molecule has 2 aromatic rings. The monoisotopic (exact) mass is 401 g/mol. The van der Waals surface area contributed by atoms with Gasteiger partial charge < -0.3 is 9.57 Å². The Morgan fingerprint density at radius 3 is 2.48 bits per heavy atom. The summed E-state index contributed by atoms with van der Waals surface area (Å²) >= 11 is 0. The first-order valence-electron chi connectivity index (χ1n) is 7.39. The van der Waals surface area contributed by atoms with Gasteiger partial charge in [0.25, 0.3) is 10.0 Å². The predicted molar refractivity (Wildman–Crippen MR) is 89.8 cm³/mol. The largest absolute Gasteiger partial charge is 0.573 e. The fourth-order valence-electron chi connectivity index (χ4n) is 2.01. The number of ether oxygens (including phenoxy) is 1. The van der Waals surface area contributed by atoms with Gasteiger partial charge in [-0.15, -0.1) is 13.2 Å². The van der Waals surface area contributed by atoms with Crippen molar-refractivity contribution in [2.45, 2.75) is 18.2 Å². The Bertz CT molecular complexity index is 955. The van der Waals surface area contributed by atoms with Gasteiger partial charge in [-0.1, -0.05) is 30.3 Å². The summed E-state index contributed by atoms with van der Waals surface area (Å²) in [6.45, 7) is 1.58. The van der Waals surface area contributed by atoms with Crippen molar-refractivity contribution in [1.82, 2.24) is 4.89 Å². The van der Waals surface area contributed by atoms with Crippen molar-refractivity contribution >= 4 is 22.1 Å². The fraction of sp³-hybridized carbons (Fsp3) is 0.118. The van der Waals surface area contributed by atoms with E-state index in [1.807, 2.05) is 0 Å². The van der Waals surface area contributed by atoms with Gasteiger partial charge in [0.05, 0.1) is 4.90 Å². The van der Waals surface area contributed by atoms with Gasteiger partial charge in [-0.2, -0.15) is 0 Å². The molecule has 2 rings (SSSR count). The molecule has 10 heteroatoms. The van der Waals surface area contributed by atoms with E-state index in [-0.39, 0.29) is 10.5 Å². The van der Waals surface area contributed by atoms with E-state index in [0.717, 1.165) is 24.3 Å². The molecule has 0 spiro atoms. The van der Waals surface area contributed by atoms with Gasteiger partial charge >= 0.3 is 12.3 Å². The summed E-state index contributed by atoms with van der Waals surface area (Å²) in [4.78, 5) is 17.8. The van der Waals surface area contributed by atoms with Crippen LogP contribution in [0.3, 0.4) is 0 Å². The highest BCUT2D eigenvalue weighted by Crippen LogP contribution is 2.23. The van der Waals surface area contributed by atoms with Crippen LogP contribution in [-0.4, -0.2) is 20.7 Å². The van der Waals surface area contributed by atoms with Crippen molar-refractivity contribution in [2.24, 2.45) is 0 Å². The number of sulfonamides is 1. The van der Waals surface area contributed by atoms with Crippen LogP contribution in [0, 0.1) is 6.92 Å². The zero-order valence-electron chi connectivity index (χ0n) is 13.9. The lowest BCUT2D eigenvalue weighted by Crippen LogP contribution is -2.27. The molecule has 0 fully saturated rings. The summed E-state index contributed by atoms with van der Waals surface area (Å²) in [6, 6.07) is 10.9. The molecule has 0 aliphatic carbocycles. The maximum absolute atomic E-state index is 12.2. The Balaban J connectivity index is 2.00. The van der Waals surface area contributed by atoms with Gasteiger partial charge in [0.15, 0.2) is 0 Å². The van der Waals surface area contributed by atoms with E-state index in [9.17, 15) is 26.4 Å². The summed E-state index contributed by atoms with van der Waals surface area (Å²) in [6.07, 6.45) is -2.84. The maximum atomic E-state index is 12.2. The van der Waals surface area contributed by atoms with E-state index in [2.05, 4.69) is 9.57 Å².